The van der Waals surface area contributed by atoms with E-state index in [9.17, 15) is 9.59 Å². The highest BCUT2D eigenvalue weighted by atomic mass is 35.5. The summed E-state index contributed by atoms with van der Waals surface area (Å²) in [5.41, 5.74) is 1.69. The van der Waals surface area contributed by atoms with Gasteiger partial charge in [-0.3, -0.25) is 9.59 Å². The standard InChI is InChI=1S/C24H15Cl4NO4S/c1-32-20-8-13(7-19(28)22(20)33-12-14-5-6-16(26)11-18(14)27)9-21-23(30)29(24(31)34-21)17-4-2-3-15(25)10-17/h2-11H,12H2,1H3/b21-9+. The van der Waals surface area contributed by atoms with Crippen LogP contribution in [0.25, 0.3) is 6.08 Å². The molecule has 0 N–H and O–H groups in total. The van der Waals surface area contributed by atoms with Crippen molar-refractivity contribution in [3.63, 3.8) is 0 Å². The van der Waals surface area contributed by atoms with Crippen LogP contribution in [-0.4, -0.2) is 18.3 Å². The molecule has 1 aliphatic heterocycles. The third-order valence-corrected chi connectivity index (χ3v) is 6.77. The van der Waals surface area contributed by atoms with Crippen molar-refractivity contribution >= 4 is 81.1 Å². The normalized spacial score (nSPS) is 14.7. The zero-order chi connectivity index (χ0) is 24.4. The zero-order valence-corrected chi connectivity index (χ0v) is 21.3. The lowest BCUT2D eigenvalue weighted by molar-refractivity contribution is -0.113. The lowest BCUT2D eigenvalue weighted by Crippen LogP contribution is -2.27. The van der Waals surface area contributed by atoms with E-state index < -0.39 is 11.1 Å². The second-order valence-electron chi connectivity index (χ2n) is 7.06. The maximum atomic E-state index is 12.9. The minimum Gasteiger partial charge on any atom is -0.493 e. The first-order valence-corrected chi connectivity index (χ1v) is 12.1. The summed E-state index contributed by atoms with van der Waals surface area (Å²) in [7, 11) is 1.48. The number of hydrogen-bond acceptors (Lipinski definition) is 5. The van der Waals surface area contributed by atoms with Crippen LogP contribution in [0.5, 0.6) is 11.5 Å². The van der Waals surface area contributed by atoms with E-state index in [0.29, 0.717) is 37.8 Å². The predicted molar refractivity (Wildman–Crippen MR) is 139 cm³/mol. The molecule has 34 heavy (non-hydrogen) atoms. The van der Waals surface area contributed by atoms with Crippen molar-refractivity contribution in [2.75, 3.05) is 12.0 Å². The highest BCUT2D eigenvalue weighted by Gasteiger charge is 2.36. The van der Waals surface area contributed by atoms with Crippen molar-refractivity contribution in [1.29, 1.82) is 0 Å². The first-order chi connectivity index (χ1) is 16.3. The Morgan fingerprint density at radius 3 is 2.41 bits per heavy atom. The highest BCUT2D eigenvalue weighted by Crippen LogP contribution is 2.40. The second-order valence-corrected chi connectivity index (χ2v) is 9.74. The van der Waals surface area contributed by atoms with Gasteiger partial charge in [0.05, 0.1) is 22.7 Å². The van der Waals surface area contributed by atoms with Gasteiger partial charge >= 0.3 is 0 Å². The molecule has 3 aromatic carbocycles. The van der Waals surface area contributed by atoms with Gasteiger partial charge in [-0.2, -0.15) is 0 Å². The number of carbonyl (C=O) groups is 2. The Morgan fingerprint density at radius 2 is 1.71 bits per heavy atom. The summed E-state index contributed by atoms with van der Waals surface area (Å²) in [6.45, 7) is 0.143. The van der Waals surface area contributed by atoms with Crippen molar-refractivity contribution in [2.24, 2.45) is 0 Å². The lowest BCUT2D eigenvalue weighted by atomic mass is 10.1. The molecule has 10 heteroatoms. The average molecular weight is 555 g/mol. The minimum atomic E-state index is -0.454. The number of rotatable bonds is 6. The second kappa shape index (κ2) is 10.5. The van der Waals surface area contributed by atoms with Crippen LogP contribution in [0.15, 0.2) is 59.5 Å². The molecule has 3 aromatic rings. The molecule has 0 radical (unpaired) electrons. The third-order valence-electron chi connectivity index (χ3n) is 4.80. The lowest BCUT2D eigenvalue weighted by Gasteiger charge is -2.14. The van der Waals surface area contributed by atoms with Gasteiger partial charge in [0.15, 0.2) is 11.5 Å². The van der Waals surface area contributed by atoms with E-state index in [2.05, 4.69) is 0 Å². The molecule has 1 heterocycles. The molecule has 4 rings (SSSR count). The van der Waals surface area contributed by atoms with E-state index in [1.807, 2.05) is 0 Å². The highest BCUT2D eigenvalue weighted by molar-refractivity contribution is 8.19. The quantitative estimate of drug-likeness (QED) is 0.288. The maximum absolute atomic E-state index is 12.9. The van der Waals surface area contributed by atoms with E-state index >= 15 is 0 Å². The average Bonchev–Trinajstić information content (AvgIpc) is 3.06. The molecule has 0 spiro atoms. The molecule has 5 nitrogen and oxygen atoms in total. The van der Waals surface area contributed by atoms with Gasteiger partial charge in [0, 0.05) is 20.6 Å². The zero-order valence-electron chi connectivity index (χ0n) is 17.5. The predicted octanol–water partition coefficient (Wildman–Crippen LogP) is 8.13. The summed E-state index contributed by atoms with van der Waals surface area (Å²) in [4.78, 5) is 26.7. The molecule has 174 valence electrons. The van der Waals surface area contributed by atoms with Crippen LogP contribution in [0.2, 0.25) is 20.1 Å². The summed E-state index contributed by atoms with van der Waals surface area (Å²) in [6, 6.07) is 14.9. The Hall–Kier alpha value is -2.35. The van der Waals surface area contributed by atoms with E-state index in [4.69, 9.17) is 55.9 Å². The Labute approximate surface area is 220 Å². The Bertz CT molecular complexity index is 1330. The van der Waals surface area contributed by atoms with Gasteiger partial charge < -0.3 is 9.47 Å². The molecule has 0 bridgehead atoms. The smallest absolute Gasteiger partial charge is 0.298 e. The van der Waals surface area contributed by atoms with Gasteiger partial charge in [-0.1, -0.05) is 58.5 Å². The number of hydrogen-bond donors (Lipinski definition) is 0. The molecule has 0 atom stereocenters. The Balaban J connectivity index is 1.59. The molecule has 0 aliphatic carbocycles. The van der Waals surface area contributed by atoms with Crippen LogP contribution < -0.4 is 14.4 Å². The van der Waals surface area contributed by atoms with Crippen molar-refractivity contribution in [3.8, 4) is 11.5 Å². The van der Waals surface area contributed by atoms with Crippen molar-refractivity contribution in [1.82, 2.24) is 0 Å². The van der Waals surface area contributed by atoms with E-state index in [1.165, 1.54) is 7.11 Å². The topological polar surface area (TPSA) is 55.8 Å². The number of halogens is 4. The summed E-state index contributed by atoms with van der Waals surface area (Å²) < 4.78 is 11.3. The fourth-order valence-electron chi connectivity index (χ4n) is 3.21. The van der Waals surface area contributed by atoms with E-state index in [1.54, 1.807) is 60.7 Å². The largest absolute Gasteiger partial charge is 0.493 e. The number of carbonyl (C=O) groups excluding carboxylic acids is 2. The minimum absolute atomic E-state index is 0.143. The van der Waals surface area contributed by atoms with Crippen LogP contribution in [-0.2, 0) is 11.4 Å². The fraction of sp³-hybridized carbons (Fsp3) is 0.0833. The number of thioether (sulfide) groups is 1. The SMILES string of the molecule is COc1cc(/C=C2/SC(=O)N(c3cccc(Cl)c3)C2=O)cc(Cl)c1OCc1ccc(Cl)cc1Cl. The van der Waals surface area contributed by atoms with Crippen molar-refractivity contribution in [3.05, 3.63) is 90.7 Å². The van der Waals surface area contributed by atoms with E-state index in [-0.39, 0.29) is 16.5 Å². The first kappa shape index (κ1) is 24.8. The molecular formula is C24H15Cl4NO4S. The van der Waals surface area contributed by atoms with Crippen LogP contribution in [0.4, 0.5) is 10.5 Å². The molecule has 0 saturated carbocycles. The number of methoxy groups -OCH3 is 1. The molecule has 1 saturated heterocycles. The van der Waals surface area contributed by atoms with Gasteiger partial charge in [0.2, 0.25) is 0 Å². The van der Waals surface area contributed by atoms with Crippen molar-refractivity contribution < 1.29 is 19.1 Å². The van der Waals surface area contributed by atoms with Gasteiger partial charge in [-0.05, 0) is 65.9 Å². The molecule has 0 aromatic heterocycles. The summed E-state index contributed by atoms with van der Waals surface area (Å²) in [5, 5.41) is 1.26. The van der Waals surface area contributed by atoms with Gasteiger partial charge in [0.1, 0.15) is 6.61 Å². The summed E-state index contributed by atoms with van der Waals surface area (Å²) in [6.07, 6.45) is 1.57. The number of imide groups is 1. The summed E-state index contributed by atoms with van der Waals surface area (Å²) >= 11 is 25.4. The molecule has 1 aliphatic rings. The molecule has 2 amide bonds. The number of amides is 2. The van der Waals surface area contributed by atoms with Crippen molar-refractivity contribution in [2.45, 2.75) is 6.61 Å². The number of nitrogens with zero attached hydrogens (tertiary/aromatic N) is 1. The van der Waals surface area contributed by atoms with Crippen LogP contribution in [0.3, 0.4) is 0 Å². The number of ether oxygens (including phenoxy) is 2. The first-order valence-electron chi connectivity index (χ1n) is 9.74. The van der Waals surface area contributed by atoms with Gasteiger partial charge in [-0.25, -0.2) is 4.90 Å². The van der Waals surface area contributed by atoms with Crippen LogP contribution in [0.1, 0.15) is 11.1 Å². The molecule has 0 unspecified atom stereocenters. The molecule has 1 fully saturated rings. The molecular weight excluding hydrogens is 540 g/mol. The fourth-order valence-corrected chi connectivity index (χ4v) is 4.97. The number of benzene rings is 3. The Kier molecular flexibility index (Phi) is 7.65. The van der Waals surface area contributed by atoms with Gasteiger partial charge in [-0.15, -0.1) is 0 Å². The van der Waals surface area contributed by atoms with Gasteiger partial charge in [0.25, 0.3) is 11.1 Å². The third kappa shape index (κ3) is 5.32. The maximum Gasteiger partial charge on any atom is 0.298 e. The van der Waals surface area contributed by atoms with E-state index in [0.717, 1.165) is 22.2 Å². The van der Waals surface area contributed by atoms with Crippen LogP contribution >= 0.6 is 58.2 Å². The summed E-state index contributed by atoms with van der Waals surface area (Å²) in [5.74, 6) is 0.224. The Morgan fingerprint density at radius 1 is 0.941 bits per heavy atom. The monoisotopic (exact) mass is 553 g/mol. The number of anilines is 1. The van der Waals surface area contributed by atoms with Crippen LogP contribution in [0, 0.1) is 0 Å².